The highest BCUT2D eigenvalue weighted by molar-refractivity contribution is 9.10. The molecule has 0 amide bonds. The molecule has 3 N–H and O–H groups in total. The molecule has 0 saturated heterocycles. The molecule has 0 atom stereocenters. The van der Waals surface area contributed by atoms with Gasteiger partial charge in [-0.2, -0.15) is 0 Å². The summed E-state index contributed by atoms with van der Waals surface area (Å²) in [5.41, 5.74) is 5.87. The van der Waals surface area contributed by atoms with E-state index in [1.165, 1.54) is 12.1 Å². The van der Waals surface area contributed by atoms with Crippen LogP contribution in [0.2, 0.25) is 5.02 Å². The fourth-order valence-corrected chi connectivity index (χ4v) is 3.86. The second kappa shape index (κ2) is 6.22. The molecule has 7 heteroatoms. The Labute approximate surface area is 134 Å². The Kier molecular flexibility index (Phi) is 5.52. The van der Waals surface area contributed by atoms with Gasteiger partial charge in [0.05, 0.1) is 9.37 Å². The smallest absolute Gasteiger partial charge is 0.241 e. The lowest BCUT2D eigenvalue weighted by Gasteiger charge is -2.29. The lowest BCUT2D eigenvalue weighted by molar-refractivity contribution is 0.252. The minimum Gasteiger partial charge on any atom is -0.398 e. The maximum absolute atomic E-state index is 12.4. The first-order valence-corrected chi connectivity index (χ1v) is 8.87. The van der Waals surface area contributed by atoms with E-state index in [2.05, 4.69) is 34.5 Å². The molecule has 20 heavy (non-hydrogen) atoms. The average molecular weight is 384 g/mol. The summed E-state index contributed by atoms with van der Waals surface area (Å²) in [5, 5.41) is 0.286. The highest BCUT2D eigenvalue weighted by Gasteiger charge is 2.27. The minimum absolute atomic E-state index is 0.0575. The van der Waals surface area contributed by atoms with E-state index in [4.69, 9.17) is 17.3 Å². The number of rotatable bonds is 5. The number of hydrogen-bond acceptors (Lipinski definition) is 3. The molecular weight excluding hydrogens is 364 g/mol. The first kappa shape index (κ1) is 17.8. The van der Waals surface area contributed by atoms with Crippen molar-refractivity contribution >= 4 is 43.2 Å². The molecule has 0 aromatic heterocycles. The zero-order chi connectivity index (χ0) is 15.7. The van der Waals surface area contributed by atoms with Gasteiger partial charge in [0.15, 0.2) is 0 Å². The van der Waals surface area contributed by atoms with Crippen molar-refractivity contribution in [3.8, 4) is 0 Å². The van der Waals surface area contributed by atoms with Crippen LogP contribution in [0.3, 0.4) is 0 Å². The predicted molar refractivity (Wildman–Crippen MR) is 87.4 cm³/mol. The third-order valence-electron chi connectivity index (χ3n) is 3.60. The van der Waals surface area contributed by atoms with Gasteiger partial charge in [0, 0.05) is 17.3 Å². The number of nitrogens with two attached hydrogens (primary N) is 1. The van der Waals surface area contributed by atoms with Crippen LogP contribution in [0.15, 0.2) is 21.5 Å². The van der Waals surface area contributed by atoms with Crippen LogP contribution in [0, 0.1) is 11.3 Å². The Balaban J connectivity index is 3.07. The van der Waals surface area contributed by atoms with E-state index in [1.54, 1.807) is 0 Å². The van der Waals surface area contributed by atoms with Crippen LogP contribution in [0.5, 0.6) is 0 Å². The summed E-state index contributed by atoms with van der Waals surface area (Å²) in [5.74, 6) is 0.345. The monoisotopic (exact) mass is 382 g/mol. The quantitative estimate of drug-likeness (QED) is 0.762. The molecule has 114 valence electrons. The summed E-state index contributed by atoms with van der Waals surface area (Å²) < 4.78 is 27.7. The molecule has 0 spiro atoms. The van der Waals surface area contributed by atoms with E-state index >= 15 is 0 Å². The van der Waals surface area contributed by atoms with Crippen LogP contribution in [0.25, 0.3) is 0 Å². The van der Waals surface area contributed by atoms with Gasteiger partial charge < -0.3 is 5.73 Å². The Morgan fingerprint density at radius 2 is 1.95 bits per heavy atom. The van der Waals surface area contributed by atoms with E-state index in [0.717, 1.165) is 0 Å². The number of benzene rings is 1. The third-order valence-corrected chi connectivity index (χ3v) is 6.39. The number of nitrogens with one attached hydrogen (secondary N) is 1. The normalized spacial score (nSPS) is 12.9. The number of nitrogen functional groups attached to an aromatic ring is 1. The molecule has 0 aliphatic heterocycles. The van der Waals surface area contributed by atoms with E-state index in [0.29, 0.717) is 22.6 Å². The molecule has 0 saturated carbocycles. The minimum atomic E-state index is -3.66. The van der Waals surface area contributed by atoms with Crippen molar-refractivity contribution in [1.82, 2.24) is 4.72 Å². The standard InChI is InChI=1S/C13H20BrClN2O2S/c1-8(2)13(3,4)7-17-20(18,19)11-6-9(15)5-10(16)12(11)14/h5-6,8,17H,7,16H2,1-4H3. The van der Waals surface area contributed by atoms with Gasteiger partial charge in [0.25, 0.3) is 0 Å². The Morgan fingerprint density at radius 3 is 2.45 bits per heavy atom. The second-order valence-corrected chi connectivity index (χ2v) is 8.74. The van der Waals surface area contributed by atoms with Gasteiger partial charge in [-0.3, -0.25) is 0 Å². The zero-order valence-electron chi connectivity index (χ0n) is 12.0. The van der Waals surface area contributed by atoms with Crippen molar-refractivity contribution < 1.29 is 8.42 Å². The van der Waals surface area contributed by atoms with Crippen LogP contribution in [0.4, 0.5) is 5.69 Å². The predicted octanol–water partition coefficient (Wildman–Crippen LogP) is 3.65. The number of anilines is 1. The summed E-state index contributed by atoms with van der Waals surface area (Å²) in [6.45, 7) is 8.48. The maximum Gasteiger partial charge on any atom is 0.241 e. The lowest BCUT2D eigenvalue weighted by Crippen LogP contribution is -2.37. The van der Waals surface area contributed by atoms with Crippen LogP contribution in [-0.4, -0.2) is 15.0 Å². The molecule has 0 bridgehead atoms. The molecule has 0 radical (unpaired) electrons. The summed E-state index contributed by atoms with van der Waals surface area (Å²) in [6.07, 6.45) is 0. The van der Waals surface area contributed by atoms with Crippen molar-refractivity contribution in [3.05, 3.63) is 21.6 Å². The summed E-state index contributed by atoms with van der Waals surface area (Å²) in [6, 6.07) is 2.88. The number of hydrogen-bond donors (Lipinski definition) is 2. The van der Waals surface area contributed by atoms with Gasteiger partial charge in [0.1, 0.15) is 0 Å². The Bertz CT molecular complexity index is 601. The maximum atomic E-state index is 12.4. The zero-order valence-corrected chi connectivity index (χ0v) is 15.2. The highest BCUT2D eigenvalue weighted by Crippen LogP contribution is 2.32. The molecule has 1 aromatic rings. The third kappa shape index (κ3) is 4.10. The summed E-state index contributed by atoms with van der Waals surface area (Å²) in [7, 11) is -3.66. The largest absolute Gasteiger partial charge is 0.398 e. The Morgan fingerprint density at radius 1 is 1.40 bits per heavy atom. The van der Waals surface area contributed by atoms with Crippen molar-refractivity contribution in [2.24, 2.45) is 11.3 Å². The molecular formula is C13H20BrClN2O2S. The number of halogens is 2. The molecule has 1 rings (SSSR count). The topological polar surface area (TPSA) is 72.2 Å². The van der Waals surface area contributed by atoms with Crippen molar-refractivity contribution in [2.75, 3.05) is 12.3 Å². The first-order valence-electron chi connectivity index (χ1n) is 6.21. The summed E-state index contributed by atoms with van der Waals surface area (Å²) in [4.78, 5) is 0.0575. The van der Waals surface area contributed by atoms with Crippen LogP contribution in [-0.2, 0) is 10.0 Å². The Hall–Kier alpha value is -0.300. The van der Waals surface area contributed by atoms with Crippen molar-refractivity contribution in [1.29, 1.82) is 0 Å². The molecule has 0 aliphatic rings. The lowest BCUT2D eigenvalue weighted by atomic mass is 9.81. The van der Waals surface area contributed by atoms with Crippen LogP contribution < -0.4 is 10.5 Å². The van der Waals surface area contributed by atoms with Crippen molar-refractivity contribution in [2.45, 2.75) is 32.6 Å². The van der Waals surface area contributed by atoms with Crippen molar-refractivity contribution in [3.63, 3.8) is 0 Å². The fourth-order valence-electron chi connectivity index (χ4n) is 1.34. The second-order valence-electron chi connectivity index (χ2n) is 5.77. The van der Waals surface area contributed by atoms with Gasteiger partial charge in [-0.25, -0.2) is 13.1 Å². The van der Waals surface area contributed by atoms with Gasteiger partial charge in [-0.1, -0.05) is 39.3 Å². The molecule has 0 fully saturated rings. The van der Waals surface area contributed by atoms with Gasteiger partial charge >= 0.3 is 0 Å². The van der Waals surface area contributed by atoms with E-state index < -0.39 is 10.0 Å². The average Bonchev–Trinajstić information content (AvgIpc) is 2.31. The first-order chi connectivity index (χ1) is 8.97. The molecule has 0 aliphatic carbocycles. The number of sulfonamides is 1. The fraction of sp³-hybridized carbons (Fsp3) is 0.538. The van der Waals surface area contributed by atoms with Gasteiger partial charge in [-0.05, 0) is 39.4 Å². The molecule has 4 nitrogen and oxygen atoms in total. The van der Waals surface area contributed by atoms with E-state index in [-0.39, 0.29) is 15.3 Å². The summed E-state index contributed by atoms with van der Waals surface area (Å²) >= 11 is 9.07. The molecule has 0 unspecified atom stereocenters. The molecule has 1 aromatic carbocycles. The highest BCUT2D eigenvalue weighted by atomic mass is 79.9. The van der Waals surface area contributed by atoms with Gasteiger partial charge in [-0.15, -0.1) is 0 Å². The van der Waals surface area contributed by atoms with Gasteiger partial charge in [0.2, 0.25) is 10.0 Å². The SMILES string of the molecule is CC(C)C(C)(C)CNS(=O)(=O)c1cc(Cl)cc(N)c1Br. The molecule has 0 heterocycles. The van der Waals surface area contributed by atoms with E-state index in [1.807, 2.05) is 13.8 Å². The van der Waals surface area contributed by atoms with Crippen LogP contribution >= 0.6 is 27.5 Å². The van der Waals surface area contributed by atoms with Crippen LogP contribution in [0.1, 0.15) is 27.7 Å². The van der Waals surface area contributed by atoms with E-state index in [9.17, 15) is 8.42 Å².